The Hall–Kier alpha value is -0.460. The van der Waals surface area contributed by atoms with Crippen LogP contribution in [0.25, 0.3) is 0 Å². The molecule has 0 aliphatic rings. The summed E-state index contributed by atoms with van der Waals surface area (Å²) in [5, 5.41) is 0. The molecule has 0 aliphatic heterocycles. The zero-order chi connectivity index (χ0) is 9.90. The van der Waals surface area contributed by atoms with Gasteiger partial charge in [0.1, 0.15) is 6.61 Å². The normalized spacial score (nSPS) is 11.5. The summed E-state index contributed by atoms with van der Waals surface area (Å²) in [6.07, 6.45) is 2.58. The highest BCUT2D eigenvalue weighted by Crippen LogP contribution is 2.14. The Kier molecular flexibility index (Phi) is 3.40. The molecule has 0 N–H and O–H groups in total. The van der Waals surface area contributed by atoms with Crippen LogP contribution >= 0.6 is 15.9 Å². The first-order valence-electron chi connectivity index (χ1n) is 3.43. The smallest absolute Gasteiger partial charge is 0.264 e. The zero-order valence-electron chi connectivity index (χ0n) is 6.90. The van der Waals surface area contributed by atoms with Crippen LogP contribution in [0.3, 0.4) is 0 Å². The molecule has 6 heteroatoms. The molecule has 0 atom stereocenters. The van der Waals surface area contributed by atoms with Crippen molar-refractivity contribution in [3.63, 3.8) is 0 Å². The number of hydrogen-bond donors (Lipinski definition) is 0. The standard InChI is InChI=1S/C7H8BrNO3S/c1-13(10,11)12-5-7-6(8)3-2-4-9-7/h2-4H,5H2,1H3. The quantitative estimate of drug-likeness (QED) is 0.774. The molecule has 1 heterocycles. The minimum Gasteiger partial charge on any atom is -0.264 e. The summed E-state index contributed by atoms with van der Waals surface area (Å²) in [6, 6.07) is 3.52. The van der Waals surface area contributed by atoms with Crippen molar-refractivity contribution >= 4 is 26.0 Å². The fraction of sp³-hybridized carbons (Fsp3) is 0.286. The molecule has 0 amide bonds. The third kappa shape index (κ3) is 3.84. The van der Waals surface area contributed by atoms with E-state index in [9.17, 15) is 8.42 Å². The molecule has 1 aromatic rings. The lowest BCUT2D eigenvalue weighted by molar-refractivity contribution is 0.306. The van der Waals surface area contributed by atoms with E-state index in [1.54, 1.807) is 18.3 Å². The Morgan fingerprint density at radius 2 is 2.31 bits per heavy atom. The summed E-state index contributed by atoms with van der Waals surface area (Å²) in [7, 11) is -3.40. The highest BCUT2D eigenvalue weighted by atomic mass is 79.9. The van der Waals surface area contributed by atoms with Gasteiger partial charge in [0.25, 0.3) is 10.1 Å². The van der Waals surface area contributed by atoms with Crippen LogP contribution in [-0.4, -0.2) is 19.7 Å². The first kappa shape index (κ1) is 10.6. The molecule has 0 spiro atoms. The van der Waals surface area contributed by atoms with Crippen molar-refractivity contribution in [3.8, 4) is 0 Å². The second-order valence-corrected chi connectivity index (χ2v) is 4.90. The third-order valence-corrected chi connectivity index (χ3v) is 2.51. The number of pyridine rings is 1. The highest BCUT2D eigenvalue weighted by molar-refractivity contribution is 9.10. The van der Waals surface area contributed by atoms with Gasteiger partial charge in [0, 0.05) is 10.7 Å². The number of hydrogen-bond acceptors (Lipinski definition) is 4. The average Bonchev–Trinajstić information content (AvgIpc) is 2.01. The lowest BCUT2D eigenvalue weighted by atomic mass is 10.4. The first-order valence-corrected chi connectivity index (χ1v) is 6.04. The van der Waals surface area contributed by atoms with Crippen molar-refractivity contribution in [3.05, 3.63) is 28.5 Å². The Bertz CT molecular complexity index is 390. The fourth-order valence-corrected chi connectivity index (χ4v) is 1.38. The molecule has 0 fully saturated rings. The van der Waals surface area contributed by atoms with Crippen LogP contribution in [0.1, 0.15) is 5.69 Å². The summed E-state index contributed by atoms with van der Waals surface area (Å²) < 4.78 is 26.6. The van der Waals surface area contributed by atoms with Crippen molar-refractivity contribution in [2.45, 2.75) is 6.61 Å². The molecule has 0 saturated heterocycles. The molecule has 0 aromatic carbocycles. The number of aromatic nitrogens is 1. The summed E-state index contributed by atoms with van der Waals surface area (Å²) in [4.78, 5) is 3.95. The van der Waals surface area contributed by atoms with Gasteiger partial charge < -0.3 is 0 Å². The molecule has 72 valence electrons. The van der Waals surface area contributed by atoms with Crippen LogP contribution in [0.2, 0.25) is 0 Å². The van der Waals surface area contributed by atoms with Crippen molar-refractivity contribution in [1.82, 2.24) is 4.98 Å². The van der Waals surface area contributed by atoms with Crippen LogP contribution in [0.15, 0.2) is 22.8 Å². The van der Waals surface area contributed by atoms with Gasteiger partial charge in [-0.1, -0.05) is 0 Å². The Balaban J connectivity index is 2.71. The van der Waals surface area contributed by atoms with Crippen LogP contribution in [-0.2, 0) is 20.9 Å². The monoisotopic (exact) mass is 265 g/mol. The van der Waals surface area contributed by atoms with Gasteiger partial charge in [-0.2, -0.15) is 8.42 Å². The van der Waals surface area contributed by atoms with Gasteiger partial charge in [-0.05, 0) is 28.1 Å². The minimum atomic E-state index is -3.40. The van der Waals surface area contributed by atoms with E-state index >= 15 is 0 Å². The van der Waals surface area contributed by atoms with Crippen LogP contribution < -0.4 is 0 Å². The molecular weight excluding hydrogens is 258 g/mol. The van der Waals surface area contributed by atoms with Gasteiger partial charge in [-0.15, -0.1) is 0 Å². The van der Waals surface area contributed by atoms with Crippen molar-refractivity contribution < 1.29 is 12.6 Å². The molecule has 0 bridgehead atoms. The summed E-state index contributed by atoms with van der Waals surface area (Å²) in [5.74, 6) is 0. The first-order chi connectivity index (χ1) is 5.99. The summed E-state index contributed by atoms with van der Waals surface area (Å²) >= 11 is 3.23. The van der Waals surface area contributed by atoms with E-state index in [0.29, 0.717) is 5.69 Å². The Morgan fingerprint density at radius 1 is 1.62 bits per heavy atom. The zero-order valence-corrected chi connectivity index (χ0v) is 9.30. The van der Waals surface area contributed by atoms with Crippen molar-refractivity contribution in [2.75, 3.05) is 6.26 Å². The second-order valence-electron chi connectivity index (χ2n) is 2.40. The molecule has 13 heavy (non-hydrogen) atoms. The Morgan fingerprint density at radius 3 is 2.85 bits per heavy atom. The van der Waals surface area contributed by atoms with Gasteiger partial charge in [-0.3, -0.25) is 9.17 Å². The SMILES string of the molecule is CS(=O)(=O)OCc1ncccc1Br. The number of rotatable bonds is 3. The third-order valence-electron chi connectivity index (χ3n) is 1.24. The van der Waals surface area contributed by atoms with Gasteiger partial charge in [0.05, 0.1) is 11.9 Å². The topological polar surface area (TPSA) is 56.3 Å². The van der Waals surface area contributed by atoms with E-state index in [1.165, 1.54) is 0 Å². The average molecular weight is 266 g/mol. The van der Waals surface area contributed by atoms with Gasteiger partial charge in [-0.25, -0.2) is 0 Å². The molecule has 0 saturated carbocycles. The second kappa shape index (κ2) is 4.17. The van der Waals surface area contributed by atoms with Gasteiger partial charge in [0.2, 0.25) is 0 Å². The van der Waals surface area contributed by atoms with Gasteiger partial charge in [0.15, 0.2) is 0 Å². The van der Waals surface area contributed by atoms with Crippen LogP contribution in [0, 0.1) is 0 Å². The lowest BCUT2D eigenvalue weighted by Gasteiger charge is -2.01. The predicted octanol–water partition coefficient (Wildman–Crippen LogP) is 1.32. The van der Waals surface area contributed by atoms with Crippen molar-refractivity contribution in [1.29, 1.82) is 0 Å². The maximum absolute atomic E-state index is 10.7. The van der Waals surface area contributed by atoms with Crippen LogP contribution in [0.4, 0.5) is 0 Å². The van der Waals surface area contributed by atoms with E-state index in [1.807, 2.05) is 0 Å². The van der Waals surface area contributed by atoms with Gasteiger partial charge >= 0.3 is 0 Å². The van der Waals surface area contributed by atoms with E-state index in [-0.39, 0.29) is 6.61 Å². The predicted molar refractivity (Wildman–Crippen MR) is 51.6 cm³/mol. The maximum Gasteiger partial charge on any atom is 0.264 e. The van der Waals surface area contributed by atoms with E-state index in [4.69, 9.17) is 0 Å². The largest absolute Gasteiger partial charge is 0.264 e. The molecule has 0 aliphatic carbocycles. The maximum atomic E-state index is 10.7. The molecule has 4 nitrogen and oxygen atoms in total. The van der Waals surface area contributed by atoms with Crippen molar-refractivity contribution in [2.24, 2.45) is 0 Å². The van der Waals surface area contributed by atoms with Crippen LogP contribution in [0.5, 0.6) is 0 Å². The fourth-order valence-electron chi connectivity index (χ4n) is 0.687. The molecule has 1 aromatic heterocycles. The number of nitrogens with zero attached hydrogens (tertiary/aromatic N) is 1. The molecule has 0 radical (unpaired) electrons. The molecule has 1 rings (SSSR count). The summed E-state index contributed by atoms with van der Waals surface area (Å²) in [6.45, 7) is -0.0414. The number of halogens is 1. The highest BCUT2D eigenvalue weighted by Gasteiger charge is 2.05. The van der Waals surface area contributed by atoms with E-state index in [0.717, 1.165) is 10.7 Å². The molecular formula is C7H8BrNO3S. The Labute approximate surface area is 85.2 Å². The lowest BCUT2D eigenvalue weighted by Crippen LogP contribution is -2.04. The summed E-state index contributed by atoms with van der Waals surface area (Å²) in [5.41, 5.74) is 0.563. The van der Waals surface area contributed by atoms with E-state index < -0.39 is 10.1 Å². The van der Waals surface area contributed by atoms with E-state index in [2.05, 4.69) is 25.1 Å². The minimum absolute atomic E-state index is 0.0414. The molecule has 0 unspecified atom stereocenters.